The number of carbonyl (C=O) groups is 1. The van der Waals surface area contributed by atoms with Gasteiger partial charge in [-0.3, -0.25) is 9.48 Å². The predicted molar refractivity (Wildman–Crippen MR) is 56.6 cm³/mol. The summed E-state index contributed by atoms with van der Waals surface area (Å²) in [7, 11) is 1.79. The molecule has 0 bridgehead atoms. The van der Waals surface area contributed by atoms with E-state index in [1.807, 2.05) is 13.8 Å². The fourth-order valence-corrected chi connectivity index (χ4v) is 1.26. The molecule has 0 aliphatic carbocycles. The third-order valence-corrected chi connectivity index (χ3v) is 2.53. The van der Waals surface area contributed by atoms with Crippen molar-refractivity contribution in [2.75, 3.05) is 6.61 Å². The van der Waals surface area contributed by atoms with Crippen molar-refractivity contribution in [2.45, 2.75) is 26.3 Å². The Kier molecular flexibility index (Phi) is 3.85. The highest BCUT2D eigenvalue weighted by molar-refractivity contribution is 5.95. The first-order valence-corrected chi connectivity index (χ1v) is 5.00. The minimum Gasteiger partial charge on any atom is -0.394 e. The number of nitrogens with zero attached hydrogens (tertiary/aromatic N) is 2. The number of aromatic nitrogens is 2. The van der Waals surface area contributed by atoms with Gasteiger partial charge in [0.05, 0.1) is 24.4 Å². The summed E-state index contributed by atoms with van der Waals surface area (Å²) < 4.78 is 1.65. The first-order valence-electron chi connectivity index (χ1n) is 5.00. The van der Waals surface area contributed by atoms with E-state index in [0.29, 0.717) is 12.0 Å². The third kappa shape index (κ3) is 2.56. The van der Waals surface area contributed by atoms with Crippen LogP contribution < -0.4 is 5.32 Å². The van der Waals surface area contributed by atoms with Crippen LogP contribution in [0.5, 0.6) is 0 Å². The molecule has 0 aliphatic heterocycles. The molecular weight excluding hydrogens is 194 g/mol. The second-order valence-electron chi connectivity index (χ2n) is 3.53. The summed E-state index contributed by atoms with van der Waals surface area (Å²) in [5.41, 5.74) is 1.38. The largest absolute Gasteiger partial charge is 0.394 e. The first kappa shape index (κ1) is 11.7. The van der Waals surface area contributed by atoms with Crippen LogP contribution in [0.2, 0.25) is 0 Å². The second-order valence-corrected chi connectivity index (χ2v) is 3.53. The van der Waals surface area contributed by atoms with Crippen LogP contribution in [-0.4, -0.2) is 33.4 Å². The SMILES string of the molecule is CC[C@H](CO)NC(=O)c1cnn(C)c1C. The van der Waals surface area contributed by atoms with Crippen LogP contribution in [0.3, 0.4) is 0 Å². The Labute approximate surface area is 89.1 Å². The van der Waals surface area contributed by atoms with Crippen LogP contribution in [0.15, 0.2) is 6.20 Å². The fraction of sp³-hybridized carbons (Fsp3) is 0.600. The molecule has 0 radical (unpaired) electrons. The molecule has 5 nitrogen and oxygen atoms in total. The van der Waals surface area contributed by atoms with Crippen molar-refractivity contribution in [3.63, 3.8) is 0 Å². The number of aliphatic hydroxyl groups excluding tert-OH is 1. The second kappa shape index (κ2) is 4.93. The van der Waals surface area contributed by atoms with Crippen molar-refractivity contribution in [1.82, 2.24) is 15.1 Å². The molecule has 84 valence electrons. The number of carbonyl (C=O) groups excluding carboxylic acids is 1. The summed E-state index contributed by atoms with van der Waals surface area (Å²) in [4.78, 5) is 11.7. The van der Waals surface area contributed by atoms with Gasteiger partial charge in [-0.2, -0.15) is 5.10 Å². The number of nitrogens with one attached hydrogen (secondary N) is 1. The zero-order valence-electron chi connectivity index (χ0n) is 9.32. The van der Waals surface area contributed by atoms with Crippen LogP contribution in [0.1, 0.15) is 29.4 Å². The van der Waals surface area contributed by atoms with Gasteiger partial charge in [0.15, 0.2) is 0 Å². The molecule has 0 fully saturated rings. The Morgan fingerprint density at radius 2 is 2.40 bits per heavy atom. The zero-order chi connectivity index (χ0) is 11.4. The smallest absolute Gasteiger partial charge is 0.255 e. The van der Waals surface area contributed by atoms with E-state index in [1.165, 1.54) is 6.20 Å². The third-order valence-electron chi connectivity index (χ3n) is 2.53. The van der Waals surface area contributed by atoms with E-state index in [-0.39, 0.29) is 18.6 Å². The maximum atomic E-state index is 11.7. The molecule has 1 heterocycles. The van der Waals surface area contributed by atoms with Crippen molar-refractivity contribution in [3.05, 3.63) is 17.5 Å². The summed E-state index contributed by atoms with van der Waals surface area (Å²) in [5, 5.41) is 15.7. The van der Waals surface area contributed by atoms with Crippen LogP contribution >= 0.6 is 0 Å². The highest BCUT2D eigenvalue weighted by atomic mass is 16.3. The van der Waals surface area contributed by atoms with Gasteiger partial charge in [-0.15, -0.1) is 0 Å². The van der Waals surface area contributed by atoms with Crippen LogP contribution in [0, 0.1) is 6.92 Å². The molecular formula is C10H17N3O2. The van der Waals surface area contributed by atoms with Crippen molar-refractivity contribution < 1.29 is 9.90 Å². The molecule has 15 heavy (non-hydrogen) atoms. The first-order chi connectivity index (χ1) is 7.10. The van der Waals surface area contributed by atoms with E-state index >= 15 is 0 Å². The van der Waals surface area contributed by atoms with Gasteiger partial charge in [0.25, 0.3) is 5.91 Å². The lowest BCUT2D eigenvalue weighted by molar-refractivity contribution is 0.0914. The number of hydrogen-bond acceptors (Lipinski definition) is 3. The molecule has 0 aliphatic rings. The number of aliphatic hydroxyl groups is 1. The van der Waals surface area contributed by atoms with Crippen LogP contribution in [0.4, 0.5) is 0 Å². The summed E-state index contributed by atoms with van der Waals surface area (Å²) >= 11 is 0. The Balaban J connectivity index is 2.73. The Bertz CT molecular complexity index is 342. The van der Waals surface area contributed by atoms with Crippen LogP contribution in [0.25, 0.3) is 0 Å². The van der Waals surface area contributed by atoms with E-state index < -0.39 is 0 Å². The van der Waals surface area contributed by atoms with Gasteiger partial charge in [-0.25, -0.2) is 0 Å². The molecule has 1 aromatic rings. The maximum absolute atomic E-state index is 11.7. The molecule has 1 rings (SSSR count). The molecule has 0 saturated heterocycles. The van der Waals surface area contributed by atoms with Crippen molar-refractivity contribution >= 4 is 5.91 Å². The van der Waals surface area contributed by atoms with Crippen LogP contribution in [-0.2, 0) is 7.05 Å². The number of hydrogen-bond donors (Lipinski definition) is 2. The van der Waals surface area contributed by atoms with Crippen molar-refractivity contribution in [3.8, 4) is 0 Å². The number of amides is 1. The highest BCUT2D eigenvalue weighted by Crippen LogP contribution is 2.05. The average molecular weight is 211 g/mol. The summed E-state index contributed by atoms with van der Waals surface area (Å²) in [6, 6.07) is -0.183. The van der Waals surface area contributed by atoms with Gasteiger partial charge in [0.1, 0.15) is 0 Å². The highest BCUT2D eigenvalue weighted by Gasteiger charge is 2.15. The van der Waals surface area contributed by atoms with Gasteiger partial charge < -0.3 is 10.4 Å². The zero-order valence-corrected chi connectivity index (χ0v) is 9.32. The summed E-state index contributed by atoms with van der Waals surface area (Å²) in [6.07, 6.45) is 2.25. The number of rotatable bonds is 4. The quantitative estimate of drug-likeness (QED) is 0.749. The topological polar surface area (TPSA) is 67.2 Å². The molecule has 1 amide bonds. The predicted octanol–water partition coefficient (Wildman–Crippen LogP) is 0.229. The van der Waals surface area contributed by atoms with Gasteiger partial charge in [-0.05, 0) is 13.3 Å². The van der Waals surface area contributed by atoms with Gasteiger partial charge in [0, 0.05) is 12.7 Å². The van der Waals surface area contributed by atoms with Crippen molar-refractivity contribution in [2.24, 2.45) is 7.05 Å². The summed E-state index contributed by atoms with van der Waals surface area (Å²) in [5.74, 6) is -0.179. The summed E-state index contributed by atoms with van der Waals surface area (Å²) in [6.45, 7) is 3.71. The van der Waals surface area contributed by atoms with Crippen molar-refractivity contribution in [1.29, 1.82) is 0 Å². The molecule has 0 unspecified atom stereocenters. The van der Waals surface area contributed by atoms with Gasteiger partial charge in [0.2, 0.25) is 0 Å². The molecule has 2 N–H and O–H groups in total. The number of aryl methyl sites for hydroxylation is 1. The molecule has 1 aromatic heterocycles. The van der Waals surface area contributed by atoms with Gasteiger partial charge >= 0.3 is 0 Å². The molecule has 0 saturated carbocycles. The minimum absolute atomic E-state index is 0.0401. The Morgan fingerprint density at radius 1 is 1.73 bits per heavy atom. The van der Waals surface area contributed by atoms with E-state index in [2.05, 4.69) is 10.4 Å². The van der Waals surface area contributed by atoms with E-state index in [0.717, 1.165) is 5.69 Å². The molecule has 0 aromatic carbocycles. The van der Waals surface area contributed by atoms with E-state index in [4.69, 9.17) is 5.11 Å². The molecule has 0 spiro atoms. The lowest BCUT2D eigenvalue weighted by Crippen LogP contribution is -2.37. The standard InChI is InChI=1S/C10H17N3O2/c1-4-8(6-14)12-10(15)9-5-11-13(3)7(9)2/h5,8,14H,4,6H2,1-3H3,(H,12,15)/t8-/m1/s1. The molecule has 5 heteroatoms. The van der Waals surface area contributed by atoms with E-state index in [1.54, 1.807) is 11.7 Å². The maximum Gasteiger partial charge on any atom is 0.255 e. The lowest BCUT2D eigenvalue weighted by Gasteiger charge is -2.13. The fourth-order valence-electron chi connectivity index (χ4n) is 1.26. The van der Waals surface area contributed by atoms with E-state index in [9.17, 15) is 4.79 Å². The Hall–Kier alpha value is -1.36. The normalized spacial score (nSPS) is 12.5. The average Bonchev–Trinajstić information content (AvgIpc) is 2.56. The minimum atomic E-state index is -0.183. The Morgan fingerprint density at radius 3 is 2.80 bits per heavy atom. The monoisotopic (exact) mass is 211 g/mol. The molecule has 1 atom stereocenters. The lowest BCUT2D eigenvalue weighted by atomic mass is 10.2. The van der Waals surface area contributed by atoms with Gasteiger partial charge in [-0.1, -0.05) is 6.92 Å².